The van der Waals surface area contributed by atoms with Crippen molar-refractivity contribution >= 4 is 6.08 Å². The summed E-state index contributed by atoms with van der Waals surface area (Å²) in [6.45, 7) is 2.24. The highest BCUT2D eigenvalue weighted by molar-refractivity contribution is 5.68. The van der Waals surface area contributed by atoms with Crippen molar-refractivity contribution in [2.45, 2.75) is 26.2 Å². The number of unbranched alkanes of at least 4 members (excludes halogenated alkanes) is 1. The van der Waals surface area contributed by atoms with Crippen LogP contribution in [0.4, 0.5) is 0 Å². The fourth-order valence-corrected chi connectivity index (χ4v) is 1.74. The van der Waals surface area contributed by atoms with E-state index in [0.717, 1.165) is 0 Å². The van der Waals surface area contributed by atoms with Gasteiger partial charge in [-0.05, 0) is 24.0 Å². The van der Waals surface area contributed by atoms with Crippen LogP contribution in [0, 0.1) is 6.42 Å². The zero-order valence-electron chi connectivity index (χ0n) is 8.09. The third kappa shape index (κ3) is 1.82. The van der Waals surface area contributed by atoms with Crippen LogP contribution in [0.3, 0.4) is 0 Å². The summed E-state index contributed by atoms with van der Waals surface area (Å²) < 4.78 is 0. The second kappa shape index (κ2) is 3.78. The summed E-state index contributed by atoms with van der Waals surface area (Å²) in [5.74, 6) is 0. The summed E-state index contributed by atoms with van der Waals surface area (Å²) in [6.07, 6.45) is 8.43. The van der Waals surface area contributed by atoms with E-state index in [-0.39, 0.29) is 0 Å². The second-order valence-electron chi connectivity index (χ2n) is 3.60. The van der Waals surface area contributed by atoms with Crippen LogP contribution in [-0.4, -0.2) is 0 Å². The van der Waals surface area contributed by atoms with Gasteiger partial charge in [0.25, 0.3) is 0 Å². The van der Waals surface area contributed by atoms with Gasteiger partial charge in [0.1, 0.15) is 0 Å². The molecule has 0 saturated heterocycles. The van der Waals surface area contributed by atoms with Crippen LogP contribution in [0.5, 0.6) is 0 Å². The Labute approximate surface area is 80.3 Å². The van der Waals surface area contributed by atoms with E-state index in [1.54, 1.807) is 0 Å². The van der Waals surface area contributed by atoms with Crippen LogP contribution in [-0.2, 0) is 0 Å². The van der Waals surface area contributed by atoms with Gasteiger partial charge in [-0.15, -0.1) is 0 Å². The predicted octanol–water partition coefficient (Wildman–Crippen LogP) is 3.83. The third-order valence-electron chi connectivity index (χ3n) is 2.50. The molecule has 1 aromatic rings. The summed E-state index contributed by atoms with van der Waals surface area (Å²) in [4.78, 5) is 0. The molecule has 0 atom stereocenters. The number of hydrogen-bond acceptors (Lipinski definition) is 0. The molecule has 1 radical (unpaired) electrons. The zero-order valence-corrected chi connectivity index (χ0v) is 8.09. The van der Waals surface area contributed by atoms with E-state index in [4.69, 9.17) is 0 Å². The Morgan fingerprint density at radius 2 is 1.85 bits per heavy atom. The molecule has 0 heteroatoms. The summed E-state index contributed by atoms with van der Waals surface area (Å²) in [5.41, 5.74) is 4.25. The average molecular weight is 171 g/mol. The summed E-state index contributed by atoms with van der Waals surface area (Å²) in [5, 5.41) is 0. The SMILES string of the molecule is CCCCC1=Cc2ccccc2[CH]1. The van der Waals surface area contributed by atoms with E-state index in [1.165, 1.54) is 36.0 Å². The summed E-state index contributed by atoms with van der Waals surface area (Å²) in [6, 6.07) is 8.58. The van der Waals surface area contributed by atoms with Gasteiger partial charge in [-0.3, -0.25) is 0 Å². The summed E-state index contributed by atoms with van der Waals surface area (Å²) >= 11 is 0. The average Bonchev–Trinajstić information content (AvgIpc) is 2.57. The van der Waals surface area contributed by atoms with Gasteiger partial charge >= 0.3 is 0 Å². The van der Waals surface area contributed by atoms with Gasteiger partial charge < -0.3 is 0 Å². The van der Waals surface area contributed by atoms with Crippen molar-refractivity contribution in [3.8, 4) is 0 Å². The van der Waals surface area contributed by atoms with Gasteiger partial charge in [0.05, 0.1) is 0 Å². The second-order valence-corrected chi connectivity index (χ2v) is 3.60. The van der Waals surface area contributed by atoms with Crippen LogP contribution in [0.25, 0.3) is 6.08 Å². The van der Waals surface area contributed by atoms with E-state index >= 15 is 0 Å². The predicted molar refractivity (Wildman–Crippen MR) is 57.3 cm³/mol. The van der Waals surface area contributed by atoms with Gasteiger partial charge in [0.15, 0.2) is 0 Å². The molecule has 0 amide bonds. The normalized spacial score (nSPS) is 14.1. The number of rotatable bonds is 3. The van der Waals surface area contributed by atoms with Crippen molar-refractivity contribution in [3.05, 3.63) is 47.4 Å². The minimum absolute atomic E-state index is 1.23. The van der Waals surface area contributed by atoms with Crippen LogP contribution < -0.4 is 0 Å². The molecule has 0 N–H and O–H groups in total. The van der Waals surface area contributed by atoms with E-state index in [0.29, 0.717) is 0 Å². The molecule has 2 rings (SSSR count). The maximum atomic E-state index is 2.31. The quantitative estimate of drug-likeness (QED) is 0.648. The van der Waals surface area contributed by atoms with E-state index in [2.05, 4.69) is 43.7 Å². The fourth-order valence-electron chi connectivity index (χ4n) is 1.74. The molecule has 1 aromatic carbocycles. The standard InChI is InChI=1S/C13H15/c1-2-3-6-11-9-12-7-4-5-8-13(12)10-11/h4-5,7-10H,2-3,6H2,1H3. The molecular weight excluding hydrogens is 156 g/mol. The van der Waals surface area contributed by atoms with Crippen molar-refractivity contribution in [1.29, 1.82) is 0 Å². The van der Waals surface area contributed by atoms with E-state index in [9.17, 15) is 0 Å². The van der Waals surface area contributed by atoms with Gasteiger partial charge in [-0.2, -0.15) is 0 Å². The molecule has 0 aliphatic heterocycles. The third-order valence-corrected chi connectivity index (χ3v) is 2.50. The van der Waals surface area contributed by atoms with Crippen molar-refractivity contribution in [3.63, 3.8) is 0 Å². The molecule has 1 aliphatic carbocycles. The van der Waals surface area contributed by atoms with E-state index < -0.39 is 0 Å². The van der Waals surface area contributed by atoms with Gasteiger partial charge in [0.2, 0.25) is 0 Å². The maximum Gasteiger partial charge on any atom is 0.0164 e. The smallest absolute Gasteiger partial charge is 0.0164 e. The monoisotopic (exact) mass is 171 g/mol. The van der Waals surface area contributed by atoms with E-state index in [1.807, 2.05) is 0 Å². The Hall–Kier alpha value is -1.04. The minimum atomic E-state index is 1.23. The van der Waals surface area contributed by atoms with Crippen molar-refractivity contribution in [2.75, 3.05) is 0 Å². The molecule has 0 fully saturated rings. The lowest BCUT2D eigenvalue weighted by Crippen LogP contribution is -1.81. The van der Waals surface area contributed by atoms with Gasteiger partial charge in [-0.25, -0.2) is 0 Å². The lowest BCUT2D eigenvalue weighted by molar-refractivity contribution is 0.797. The molecule has 1 aliphatic rings. The fraction of sp³-hybridized carbons (Fsp3) is 0.308. The molecule has 0 unspecified atom stereocenters. The zero-order chi connectivity index (χ0) is 9.10. The van der Waals surface area contributed by atoms with Crippen molar-refractivity contribution in [1.82, 2.24) is 0 Å². The topological polar surface area (TPSA) is 0 Å². The Bertz CT molecular complexity index is 321. The number of allylic oxidation sites excluding steroid dienone is 1. The van der Waals surface area contributed by atoms with Crippen LogP contribution in [0.2, 0.25) is 0 Å². The number of benzene rings is 1. The molecular formula is C13H15. The highest BCUT2D eigenvalue weighted by atomic mass is 14.1. The molecule has 0 nitrogen and oxygen atoms in total. The number of fused-ring (bicyclic) bond motifs is 1. The molecule has 0 heterocycles. The van der Waals surface area contributed by atoms with Crippen LogP contribution in [0.1, 0.15) is 37.3 Å². The van der Waals surface area contributed by atoms with Crippen molar-refractivity contribution < 1.29 is 0 Å². The first-order chi connectivity index (χ1) is 6.40. The number of hydrogen-bond donors (Lipinski definition) is 0. The van der Waals surface area contributed by atoms with Gasteiger partial charge in [0, 0.05) is 6.42 Å². The lowest BCUT2D eigenvalue weighted by Gasteiger charge is -1.98. The molecule has 0 saturated carbocycles. The van der Waals surface area contributed by atoms with Crippen LogP contribution >= 0.6 is 0 Å². The molecule has 0 bridgehead atoms. The molecule has 67 valence electrons. The highest BCUT2D eigenvalue weighted by Gasteiger charge is 2.10. The highest BCUT2D eigenvalue weighted by Crippen LogP contribution is 2.29. The summed E-state index contributed by atoms with van der Waals surface area (Å²) in [7, 11) is 0. The Balaban J connectivity index is 2.08. The molecule has 0 aromatic heterocycles. The molecule has 0 spiro atoms. The first-order valence-corrected chi connectivity index (χ1v) is 5.04. The van der Waals surface area contributed by atoms with Gasteiger partial charge in [-0.1, -0.05) is 49.3 Å². The van der Waals surface area contributed by atoms with Crippen molar-refractivity contribution in [2.24, 2.45) is 0 Å². The Morgan fingerprint density at radius 1 is 1.08 bits per heavy atom. The molecule has 13 heavy (non-hydrogen) atoms. The first-order valence-electron chi connectivity index (χ1n) is 5.04. The van der Waals surface area contributed by atoms with Crippen LogP contribution in [0.15, 0.2) is 29.8 Å². The largest absolute Gasteiger partial charge is 0.0654 e. The maximum absolute atomic E-state index is 2.31. The lowest BCUT2D eigenvalue weighted by atomic mass is 10.1. The minimum Gasteiger partial charge on any atom is -0.0654 e. The first kappa shape index (κ1) is 8.55. The Morgan fingerprint density at radius 3 is 2.54 bits per heavy atom. The Kier molecular flexibility index (Phi) is 2.49.